The van der Waals surface area contributed by atoms with Crippen LogP contribution in [0.1, 0.15) is 68.2 Å². The van der Waals surface area contributed by atoms with Gasteiger partial charge in [0.2, 0.25) is 0 Å². The summed E-state index contributed by atoms with van der Waals surface area (Å²) in [6.07, 6.45) is 1.63. The van der Waals surface area contributed by atoms with Crippen molar-refractivity contribution in [3.05, 3.63) is 0 Å². The Kier molecular flexibility index (Phi) is 7.01. The van der Waals surface area contributed by atoms with Crippen LogP contribution in [0.25, 0.3) is 0 Å². The second-order valence-electron chi connectivity index (χ2n) is 7.19. The first-order chi connectivity index (χ1) is 8.43. The highest BCUT2D eigenvalue weighted by Crippen LogP contribution is 2.34. The summed E-state index contributed by atoms with van der Waals surface area (Å²) >= 11 is 0. The number of ether oxygens (including phenoxy) is 2. The van der Waals surface area contributed by atoms with Crippen LogP contribution >= 0.6 is 0 Å². The molecule has 0 spiro atoms. The highest BCUT2D eigenvalue weighted by atomic mass is 16.5. The van der Waals surface area contributed by atoms with Gasteiger partial charge in [-0.05, 0) is 61.3 Å². The molecule has 0 bridgehead atoms. The zero-order valence-electron chi connectivity index (χ0n) is 14.2. The fraction of sp³-hybridized carbons (Fsp3) is 1.00. The highest BCUT2D eigenvalue weighted by Gasteiger charge is 2.38. The van der Waals surface area contributed by atoms with Crippen LogP contribution in [0.2, 0.25) is 0 Å². The van der Waals surface area contributed by atoms with Crippen molar-refractivity contribution in [2.75, 3.05) is 13.2 Å². The van der Waals surface area contributed by atoms with Crippen molar-refractivity contribution in [2.24, 2.45) is 5.92 Å². The summed E-state index contributed by atoms with van der Waals surface area (Å²) in [6.45, 7) is 17.5. The van der Waals surface area contributed by atoms with E-state index in [0.29, 0.717) is 19.6 Å². The first-order valence-electron chi connectivity index (χ1n) is 7.44. The van der Waals surface area contributed by atoms with Gasteiger partial charge in [0, 0.05) is 12.5 Å². The third-order valence-electron chi connectivity index (χ3n) is 3.64. The topological polar surface area (TPSA) is 38.7 Å². The van der Waals surface area contributed by atoms with Crippen molar-refractivity contribution in [1.29, 1.82) is 0 Å². The Morgan fingerprint density at radius 3 is 1.89 bits per heavy atom. The van der Waals surface area contributed by atoms with Crippen LogP contribution in [0, 0.1) is 5.92 Å². The van der Waals surface area contributed by atoms with Gasteiger partial charge >= 0.3 is 0 Å². The maximum absolute atomic E-state index is 10.1. The van der Waals surface area contributed by atoms with E-state index in [2.05, 4.69) is 34.6 Å². The van der Waals surface area contributed by atoms with E-state index in [4.69, 9.17) is 9.47 Å². The predicted molar refractivity (Wildman–Crippen MR) is 80.4 cm³/mol. The lowest BCUT2D eigenvalue weighted by Gasteiger charge is -2.42. The molecule has 0 heterocycles. The van der Waals surface area contributed by atoms with Crippen LogP contribution in [0.4, 0.5) is 0 Å². The molecule has 3 heteroatoms. The normalized spacial score (nSPS) is 15.6. The number of hydrogen-bond donors (Lipinski definition) is 1. The van der Waals surface area contributed by atoms with Gasteiger partial charge in [0.05, 0.1) is 23.4 Å². The standard InChI is InChI=1S/C16H34O3/c1-9-15(5,6)19-16(7,8)13(12-18-10-2)11-14(3,4)17/h13,17H,9-12H2,1-8H3. The molecule has 1 unspecified atom stereocenters. The quantitative estimate of drug-likeness (QED) is 0.695. The van der Waals surface area contributed by atoms with E-state index in [1.54, 1.807) is 0 Å². The lowest BCUT2D eigenvalue weighted by atomic mass is 9.82. The van der Waals surface area contributed by atoms with Gasteiger partial charge in [-0.1, -0.05) is 6.92 Å². The average Bonchev–Trinajstić information content (AvgIpc) is 2.21. The van der Waals surface area contributed by atoms with Gasteiger partial charge in [0.1, 0.15) is 0 Å². The summed E-state index contributed by atoms with van der Waals surface area (Å²) in [4.78, 5) is 0. The largest absolute Gasteiger partial charge is 0.390 e. The molecule has 0 aromatic rings. The average molecular weight is 274 g/mol. The fourth-order valence-electron chi connectivity index (χ4n) is 2.24. The van der Waals surface area contributed by atoms with Gasteiger partial charge in [-0.3, -0.25) is 0 Å². The Hall–Kier alpha value is -0.120. The molecule has 116 valence electrons. The van der Waals surface area contributed by atoms with E-state index in [0.717, 1.165) is 6.42 Å². The van der Waals surface area contributed by atoms with Gasteiger partial charge in [0.15, 0.2) is 0 Å². The molecule has 0 fully saturated rings. The Morgan fingerprint density at radius 2 is 1.53 bits per heavy atom. The van der Waals surface area contributed by atoms with E-state index in [1.807, 2.05) is 20.8 Å². The summed E-state index contributed by atoms with van der Waals surface area (Å²) in [5, 5.41) is 10.1. The number of rotatable bonds is 9. The maximum Gasteiger partial charge on any atom is 0.0684 e. The lowest BCUT2D eigenvalue weighted by Crippen LogP contribution is -2.46. The highest BCUT2D eigenvalue weighted by molar-refractivity contribution is 4.87. The molecule has 0 rings (SSSR count). The molecule has 1 N–H and O–H groups in total. The molecule has 0 aliphatic heterocycles. The second-order valence-corrected chi connectivity index (χ2v) is 7.19. The molecular formula is C16H34O3. The summed E-state index contributed by atoms with van der Waals surface area (Å²) in [6, 6.07) is 0. The third kappa shape index (κ3) is 7.91. The molecule has 0 radical (unpaired) electrons. The van der Waals surface area contributed by atoms with E-state index in [1.165, 1.54) is 0 Å². The molecule has 0 aromatic carbocycles. The number of hydrogen-bond acceptors (Lipinski definition) is 3. The Morgan fingerprint density at radius 1 is 1.00 bits per heavy atom. The second kappa shape index (κ2) is 7.05. The molecular weight excluding hydrogens is 240 g/mol. The van der Waals surface area contributed by atoms with Crippen molar-refractivity contribution in [2.45, 2.75) is 85.0 Å². The van der Waals surface area contributed by atoms with Gasteiger partial charge in [-0.2, -0.15) is 0 Å². The smallest absolute Gasteiger partial charge is 0.0684 e. The van der Waals surface area contributed by atoms with Crippen molar-refractivity contribution >= 4 is 0 Å². The van der Waals surface area contributed by atoms with Crippen LogP contribution in [-0.4, -0.2) is 35.1 Å². The SMILES string of the molecule is CCOCC(CC(C)(C)O)C(C)(C)OC(C)(C)CC. The Balaban J connectivity index is 4.89. The summed E-state index contributed by atoms with van der Waals surface area (Å²) < 4.78 is 11.9. The lowest BCUT2D eigenvalue weighted by molar-refractivity contribution is -0.170. The molecule has 3 nitrogen and oxygen atoms in total. The molecule has 19 heavy (non-hydrogen) atoms. The van der Waals surface area contributed by atoms with E-state index in [-0.39, 0.29) is 17.1 Å². The minimum atomic E-state index is -0.710. The molecule has 1 atom stereocenters. The van der Waals surface area contributed by atoms with E-state index in [9.17, 15) is 5.11 Å². The maximum atomic E-state index is 10.1. The Labute approximate surface area is 119 Å². The first-order valence-corrected chi connectivity index (χ1v) is 7.44. The Bertz CT molecular complexity index is 251. The molecule has 0 aliphatic rings. The monoisotopic (exact) mass is 274 g/mol. The summed E-state index contributed by atoms with van der Waals surface area (Å²) in [7, 11) is 0. The zero-order valence-corrected chi connectivity index (χ0v) is 14.2. The predicted octanol–water partition coefficient (Wildman–Crippen LogP) is 3.78. The molecule has 0 saturated heterocycles. The summed E-state index contributed by atoms with van der Waals surface area (Å²) in [5.41, 5.74) is -1.19. The van der Waals surface area contributed by atoms with Crippen molar-refractivity contribution in [1.82, 2.24) is 0 Å². The van der Waals surface area contributed by atoms with Crippen molar-refractivity contribution < 1.29 is 14.6 Å². The molecule has 0 amide bonds. The van der Waals surface area contributed by atoms with Gasteiger partial charge in [-0.25, -0.2) is 0 Å². The van der Waals surface area contributed by atoms with Gasteiger partial charge in [-0.15, -0.1) is 0 Å². The van der Waals surface area contributed by atoms with E-state index >= 15 is 0 Å². The zero-order chi connectivity index (χ0) is 15.3. The van der Waals surface area contributed by atoms with Crippen LogP contribution in [0.3, 0.4) is 0 Å². The van der Waals surface area contributed by atoms with Gasteiger partial charge < -0.3 is 14.6 Å². The molecule has 0 aliphatic carbocycles. The van der Waals surface area contributed by atoms with Crippen molar-refractivity contribution in [3.8, 4) is 0 Å². The van der Waals surface area contributed by atoms with Crippen LogP contribution < -0.4 is 0 Å². The molecule has 0 saturated carbocycles. The van der Waals surface area contributed by atoms with E-state index < -0.39 is 5.60 Å². The van der Waals surface area contributed by atoms with Crippen LogP contribution in [-0.2, 0) is 9.47 Å². The third-order valence-corrected chi connectivity index (χ3v) is 3.64. The minimum Gasteiger partial charge on any atom is -0.390 e. The fourth-order valence-corrected chi connectivity index (χ4v) is 2.24. The molecule has 0 aromatic heterocycles. The van der Waals surface area contributed by atoms with Crippen molar-refractivity contribution in [3.63, 3.8) is 0 Å². The van der Waals surface area contributed by atoms with Crippen LogP contribution in [0.5, 0.6) is 0 Å². The first kappa shape index (κ1) is 18.9. The summed E-state index contributed by atoms with van der Waals surface area (Å²) in [5.74, 6) is 0.165. The van der Waals surface area contributed by atoms with Gasteiger partial charge in [0.25, 0.3) is 0 Å². The van der Waals surface area contributed by atoms with Crippen LogP contribution in [0.15, 0.2) is 0 Å². The minimum absolute atomic E-state index is 0.159. The number of aliphatic hydroxyl groups is 1.